The average molecular weight is 208 g/mol. The Kier molecular flexibility index (Phi) is 2.49. The molecule has 2 nitrogen and oxygen atoms in total. The Morgan fingerprint density at radius 2 is 1.93 bits per heavy atom. The van der Waals surface area contributed by atoms with Gasteiger partial charge in [-0.2, -0.15) is 0 Å². The van der Waals surface area contributed by atoms with Crippen LogP contribution in [0.15, 0.2) is 24.3 Å². The number of rotatable bonds is 2. The first-order chi connectivity index (χ1) is 7.22. The Hall–Kier alpha value is -1.71. The Morgan fingerprint density at radius 1 is 1.20 bits per heavy atom. The molecule has 0 spiro atoms. The van der Waals surface area contributed by atoms with Crippen molar-refractivity contribution in [2.75, 3.05) is 11.9 Å². The number of aromatic nitrogens is 1. The molecular formula is C11H10F2N2. The predicted molar refractivity (Wildman–Crippen MR) is 55.8 cm³/mol. The lowest BCUT2D eigenvalue weighted by atomic mass is 10.2. The Morgan fingerprint density at radius 3 is 2.67 bits per heavy atom. The van der Waals surface area contributed by atoms with Crippen LogP contribution in [0.5, 0.6) is 0 Å². The number of nitrogens with one attached hydrogen (secondary N) is 1. The third-order valence-electron chi connectivity index (χ3n) is 2.11. The molecule has 2 aromatic rings. The number of fused-ring (bicyclic) bond motifs is 1. The van der Waals surface area contributed by atoms with Crippen molar-refractivity contribution in [3.63, 3.8) is 0 Å². The number of anilines is 1. The first-order valence-electron chi connectivity index (χ1n) is 4.71. The van der Waals surface area contributed by atoms with Crippen molar-refractivity contribution in [2.24, 2.45) is 0 Å². The largest absolute Gasteiger partial charge is 0.370 e. The molecule has 15 heavy (non-hydrogen) atoms. The van der Waals surface area contributed by atoms with Crippen molar-refractivity contribution in [2.45, 2.75) is 6.92 Å². The quantitative estimate of drug-likeness (QED) is 0.820. The standard InChI is InChI=1S/C11H10F2N2/c1-2-14-9-6-4-7-3-5-8(12)10(13)11(7)15-9/h3-6H,2H2,1H3,(H,14,15). The van der Waals surface area contributed by atoms with E-state index in [0.717, 1.165) is 6.07 Å². The third kappa shape index (κ3) is 1.75. The number of hydrogen-bond acceptors (Lipinski definition) is 2. The molecule has 0 bridgehead atoms. The minimum Gasteiger partial charge on any atom is -0.370 e. The maximum atomic E-state index is 13.4. The summed E-state index contributed by atoms with van der Waals surface area (Å²) in [5, 5.41) is 3.54. The van der Waals surface area contributed by atoms with E-state index in [4.69, 9.17) is 0 Å². The van der Waals surface area contributed by atoms with Crippen molar-refractivity contribution in [3.05, 3.63) is 35.9 Å². The van der Waals surface area contributed by atoms with E-state index < -0.39 is 11.6 Å². The summed E-state index contributed by atoms with van der Waals surface area (Å²) in [7, 11) is 0. The average Bonchev–Trinajstić information content (AvgIpc) is 2.25. The molecule has 0 saturated heterocycles. The predicted octanol–water partition coefficient (Wildman–Crippen LogP) is 2.94. The summed E-state index contributed by atoms with van der Waals surface area (Å²) in [4.78, 5) is 4.00. The van der Waals surface area contributed by atoms with Crippen LogP contribution in [0.4, 0.5) is 14.6 Å². The van der Waals surface area contributed by atoms with E-state index in [9.17, 15) is 8.78 Å². The molecule has 0 aliphatic heterocycles. The van der Waals surface area contributed by atoms with Crippen LogP contribution < -0.4 is 5.32 Å². The van der Waals surface area contributed by atoms with Crippen LogP contribution in [0.3, 0.4) is 0 Å². The van der Waals surface area contributed by atoms with Crippen molar-refractivity contribution in [1.29, 1.82) is 0 Å². The van der Waals surface area contributed by atoms with E-state index >= 15 is 0 Å². The highest BCUT2D eigenvalue weighted by Crippen LogP contribution is 2.20. The van der Waals surface area contributed by atoms with Gasteiger partial charge in [-0.1, -0.05) is 0 Å². The fraction of sp³-hybridized carbons (Fsp3) is 0.182. The molecule has 0 aliphatic rings. The third-order valence-corrected chi connectivity index (χ3v) is 2.11. The second kappa shape index (κ2) is 3.81. The van der Waals surface area contributed by atoms with Crippen LogP contribution in [-0.2, 0) is 0 Å². The Bertz CT molecular complexity index is 497. The molecule has 4 heteroatoms. The monoisotopic (exact) mass is 208 g/mol. The molecule has 0 atom stereocenters. The zero-order valence-corrected chi connectivity index (χ0v) is 8.22. The number of pyridine rings is 1. The van der Waals surface area contributed by atoms with Gasteiger partial charge >= 0.3 is 0 Å². The maximum Gasteiger partial charge on any atom is 0.185 e. The van der Waals surface area contributed by atoms with Gasteiger partial charge in [0, 0.05) is 11.9 Å². The van der Waals surface area contributed by atoms with Gasteiger partial charge in [0.05, 0.1) is 0 Å². The molecule has 0 radical (unpaired) electrons. The topological polar surface area (TPSA) is 24.9 Å². The zero-order chi connectivity index (χ0) is 10.8. The van der Waals surface area contributed by atoms with Gasteiger partial charge in [0.15, 0.2) is 11.6 Å². The molecule has 1 aromatic heterocycles. The van der Waals surface area contributed by atoms with Gasteiger partial charge in [-0.3, -0.25) is 0 Å². The second-order valence-electron chi connectivity index (χ2n) is 3.16. The van der Waals surface area contributed by atoms with Crippen LogP contribution in [0.1, 0.15) is 6.92 Å². The molecule has 1 N–H and O–H groups in total. The summed E-state index contributed by atoms with van der Waals surface area (Å²) >= 11 is 0. The fourth-order valence-corrected chi connectivity index (χ4v) is 1.41. The highest BCUT2D eigenvalue weighted by molar-refractivity contribution is 5.80. The molecular weight excluding hydrogens is 198 g/mol. The lowest BCUT2D eigenvalue weighted by Crippen LogP contribution is -2.00. The fourth-order valence-electron chi connectivity index (χ4n) is 1.41. The van der Waals surface area contributed by atoms with Crippen molar-refractivity contribution in [1.82, 2.24) is 4.98 Å². The summed E-state index contributed by atoms with van der Waals surface area (Å²) in [6.07, 6.45) is 0. The second-order valence-corrected chi connectivity index (χ2v) is 3.16. The van der Waals surface area contributed by atoms with Gasteiger partial charge in [0.1, 0.15) is 11.3 Å². The number of benzene rings is 1. The Balaban J connectivity index is 2.63. The first-order valence-corrected chi connectivity index (χ1v) is 4.71. The van der Waals surface area contributed by atoms with Gasteiger partial charge in [0.25, 0.3) is 0 Å². The van der Waals surface area contributed by atoms with E-state index in [2.05, 4.69) is 10.3 Å². The molecule has 0 fully saturated rings. The minimum atomic E-state index is -0.896. The molecule has 2 rings (SSSR count). The summed E-state index contributed by atoms with van der Waals surface area (Å²) in [5.74, 6) is -1.22. The van der Waals surface area contributed by atoms with Crippen LogP contribution in [-0.4, -0.2) is 11.5 Å². The van der Waals surface area contributed by atoms with Crippen LogP contribution in [0.25, 0.3) is 10.9 Å². The van der Waals surface area contributed by atoms with Crippen molar-refractivity contribution >= 4 is 16.7 Å². The molecule has 0 amide bonds. The van der Waals surface area contributed by atoms with Gasteiger partial charge < -0.3 is 5.32 Å². The van der Waals surface area contributed by atoms with E-state index in [1.165, 1.54) is 6.07 Å². The zero-order valence-electron chi connectivity index (χ0n) is 8.22. The van der Waals surface area contributed by atoms with Crippen LogP contribution >= 0.6 is 0 Å². The number of halogens is 2. The summed E-state index contributed by atoms with van der Waals surface area (Å²) in [6, 6.07) is 6.06. The summed E-state index contributed by atoms with van der Waals surface area (Å²) < 4.78 is 26.3. The van der Waals surface area contributed by atoms with Gasteiger partial charge in [-0.05, 0) is 31.2 Å². The lowest BCUT2D eigenvalue weighted by Gasteiger charge is -2.04. The van der Waals surface area contributed by atoms with Crippen LogP contribution in [0, 0.1) is 11.6 Å². The molecule has 0 saturated carbocycles. The van der Waals surface area contributed by atoms with E-state index in [-0.39, 0.29) is 5.52 Å². The number of nitrogens with zero attached hydrogens (tertiary/aromatic N) is 1. The normalized spacial score (nSPS) is 10.6. The van der Waals surface area contributed by atoms with Crippen LogP contribution in [0.2, 0.25) is 0 Å². The smallest absolute Gasteiger partial charge is 0.185 e. The highest BCUT2D eigenvalue weighted by Gasteiger charge is 2.08. The molecule has 78 valence electrons. The van der Waals surface area contributed by atoms with E-state index in [1.54, 1.807) is 12.1 Å². The van der Waals surface area contributed by atoms with Gasteiger partial charge in [0.2, 0.25) is 0 Å². The highest BCUT2D eigenvalue weighted by atomic mass is 19.2. The lowest BCUT2D eigenvalue weighted by molar-refractivity contribution is 0.515. The van der Waals surface area contributed by atoms with E-state index in [0.29, 0.717) is 17.7 Å². The number of hydrogen-bond donors (Lipinski definition) is 1. The molecule has 0 aliphatic carbocycles. The van der Waals surface area contributed by atoms with Crippen molar-refractivity contribution < 1.29 is 8.78 Å². The Labute approximate surface area is 85.9 Å². The molecule has 1 heterocycles. The van der Waals surface area contributed by atoms with Gasteiger partial charge in [-0.15, -0.1) is 0 Å². The first kappa shape index (κ1) is 9.83. The van der Waals surface area contributed by atoms with Gasteiger partial charge in [-0.25, -0.2) is 13.8 Å². The minimum absolute atomic E-state index is 0.0634. The maximum absolute atomic E-state index is 13.4. The molecule has 1 aromatic carbocycles. The summed E-state index contributed by atoms with van der Waals surface area (Å²) in [6.45, 7) is 2.60. The molecule has 0 unspecified atom stereocenters. The SMILES string of the molecule is CCNc1ccc2ccc(F)c(F)c2n1. The summed E-state index contributed by atoms with van der Waals surface area (Å²) in [5.41, 5.74) is 0.0634. The van der Waals surface area contributed by atoms with E-state index in [1.807, 2.05) is 6.92 Å². The van der Waals surface area contributed by atoms with Crippen molar-refractivity contribution in [3.8, 4) is 0 Å².